The standard InChI is InChI=1S/C36H41N3O5S/c1-5-33(35(41)37-36(2,3)4)38(26-25-28-15-9-6-10-16-28)34(40)27-39(45(42,43)32-19-13-8-14-20-32)29-21-23-31(24-22-29)44-30-17-11-7-12-18-30/h6-24,33H,5,25-27H2,1-4H3,(H,37,41)/t33-/m1/s1. The van der Waals surface area contributed by atoms with E-state index in [0.29, 0.717) is 30.0 Å². The number of rotatable bonds is 13. The normalized spacial score (nSPS) is 12.2. The first-order valence-electron chi connectivity index (χ1n) is 15.0. The maximum Gasteiger partial charge on any atom is 0.264 e. The Morgan fingerprint density at radius 1 is 0.778 bits per heavy atom. The highest BCUT2D eigenvalue weighted by molar-refractivity contribution is 7.92. The molecular weight excluding hydrogens is 586 g/mol. The molecule has 1 N–H and O–H groups in total. The molecule has 0 aliphatic rings. The number of amides is 2. The van der Waals surface area contributed by atoms with E-state index in [0.717, 1.165) is 9.87 Å². The maximum atomic E-state index is 14.2. The molecule has 9 heteroatoms. The van der Waals surface area contributed by atoms with Crippen LogP contribution in [0.4, 0.5) is 5.69 Å². The number of benzene rings is 4. The summed E-state index contributed by atoms with van der Waals surface area (Å²) in [7, 11) is -4.16. The third kappa shape index (κ3) is 9.18. The fraction of sp³-hybridized carbons (Fsp3) is 0.278. The molecule has 0 fully saturated rings. The van der Waals surface area contributed by atoms with Gasteiger partial charge in [0.2, 0.25) is 11.8 Å². The molecule has 45 heavy (non-hydrogen) atoms. The second-order valence-electron chi connectivity index (χ2n) is 11.7. The van der Waals surface area contributed by atoms with Gasteiger partial charge in [-0.1, -0.05) is 73.7 Å². The first-order valence-corrected chi connectivity index (χ1v) is 16.5. The highest BCUT2D eigenvalue weighted by atomic mass is 32.2. The first-order chi connectivity index (χ1) is 21.5. The van der Waals surface area contributed by atoms with Crippen molar-refractivity contribution < 1.29 is 22.7 Å². The number of para-hydroxylation sites is 1. The van der Waals surface area contributed by atoms with Crippen molar-refractivity contribution in [2.45, 2.75) is 57.0 Å². The van der Waals surface area contributed by atoms with E-state index in [1.807, 2.05) is 88.4 Å². The van der Waals surface area contributed by atoms with Crippen LogP contribution in [0.1, 0.15) is 39.7 Å². The molecule has 4 aromatic rings. The Balaban J connectivity index is 1.69. The summed E-state index contributed by atoms with van der Waals surface area (Å²) < 4.78 is 35.1. The number of carbonyl (C=O) groups excluding carboxylic acids is 2. The van der Waals surface area contributed by atoms with Gasteiger partial charge in [0.25, 0.3) is 10.0 Å². The molecule has 0 spiro atoms. The summed E-state index contributed by atoms with van der Waals surface area (Å²) in [5.41, 5.74) is 0.789. The van der Waals surface area contributed by atoms with Crippen molar-refractivity contribution in [3.63, 3.8) is 0 Å². The molecule has 0 radical (unpaired) electrons. The van der Waals surface area contributed by atoms with E-state index >= 15 is 0 Å². The number of ether oxygens (including phenoxy) is 1. The summed E-state index contributed by atoms with van der Waals surface area (Å²) in [5.74, 6) is 0.391. The van der Waals surface area contributed by atoms with E-state index in [9.17, 15) is 18.0 Å². The molecule has 4 rings (SSSR count). The van der Waals surface area contributed by atoms with Gasteiger partial charge in [0.15, 0.2) is 0 Å². The predicted octanol–water partition coefficient (Wildman–Crippen LogP) is 6.44. The van der Waals surface area contributed by atoms with Crippen LogP contribution in [0, 0.1) is 0 Å². The molecule has 0 heterocycles. The zero-order valence-electron chi connectivity index (χ0n) is 26.2. The molecular formula is C36H41N3O5S. The highest BCUT2D eigenvalue weighted by Crippen LogP contribution is 2.28. The van der Waals surface area contributed by atoms with Crippen LogP contribution in [0.2, 0.25) is 0 Å². The van der Waals surface area contributed by atoms with Gasteiger partial charge < -0.3 is 15.0 Å². The summed E-state index contributed by atoms with van der Waals surface area (Å²) in [6.07, 6.45) is 0.863. The number of sulfonamides is 1. The quantitative estimate of drug-likeness (QED) is 0.184. The molecule has 1 atom stereocenters. The van der Waals surface area contributed by atoms with Gasteiger partial charge in [-0.3, -0.25) is 13.9 Å². The molecule has 2 amide bonds. The summed E-state index contributed by atoms with van der Waals surface area (Å²) in [6.45, 7) is 7.24. The van der Waals surface area contributed by atoms with Crippen LogP contribution in [0.25, 0.3) is 0 Å². The minimum atomic E-state index is -4.16. The number of carbonyl (C=O) groups is 2. The summed E-state index contributed by atoms with van der Waals surface area (Å²) in [6, 6.07) is 32.7. The number of anilines is 1. The molecule has 0 saturated carbocycles. The van der Waals surface area contributed by atoms with Crippen molar-refractivity contribution in [2.24, 2.45) is 0 Å². The Bertz CT molecular complexity index is 1640. The van der Waals surface area contributed by atoms with Crippen molar-refractivity contribution in [2.75, 3.05) is 17.4 Å². The van der Waals surface area contributed by atoms with Crippen LogP contribution >= 0.6 is 0 Å². The van der Waals surface area contributed by atoms with E-state index in [4.69, 9.17) is 4.74 Å². The first kappa shape index (κ1) is 33.3. The average Bonchev–Trinajstić information content (AvgIpc) is 3.02. The highest BCUT2D eigenvalue weighted by Gasteiger charge is 2.34. The number of nitrogens with zero attached hydrogens (tertiary/aromatic N) is 2. The SMILES string of the molecule is CC[C@H](C(=O)NC(C)(C)C)N(CCc1ccccc1)C(=O)CN(c1ccc(Oc2ccccc2)cc1)S(=O)(=O)c1ccccc1. The topological polar surface area (TPSA) is 96.0 Å². The van der Waals surface area contributed by atoms with Crippen LogP contribution in [0.3, 0.4) is 0 Å². The van der Waals surface area contributed by atoms with Gasteiger partial charge in [0, 0.05) is 12.1 Å². The van der Waals surface area contributed by atoms with E-state index in [1.54, 1.807) is 42.5 Å². The summed E-state index contributed by atoms with van der Waals surface area (Å²) in [5, 5.41) is 2.99. The zero-order chi connectivity index (χ0) is 32.5. The van der Waals surface area contributed by atoms with Gasteiger partial charge in [0.1, 0.15) is 24.1 Å². The Morgan fingerprint density at radius 3 is 1.87 bits per heavy atom. The molecule has 236 valence electrons. The van der Waals surface area contributed by atoms with Gasteiger partial charge in [0.05, 0.1) is 10.6 Å². The second-order valence-corrected chi connectivity index (χ2v) is 13.6. The van der Waals surface area contributed by atoms with Crippen molar-refractivity contribution in [3.05, 3.63) is 121 Å². The van der Waals surface area contributed by atoms with E-state index in [1.165, 1.54) is 17.0 Å². The molecule has 8 nitrogen and oxygen atoms in total. The molecule has 4 aromatic carbocycles. The molecule has 0 aliphatic heterocycles. The van der Waals surface area contributed by atoms with Crippen LogP contribution in [0.15, 0.2) is 120 Å². The van der Waals surface area contributed by atoms with Crippen LogP contribution in [0.5, 0.6) is 11.5 Å². The van der Waals surface area contributed by atoms with Gasteiger partial charge in [-0.25, -0.2) is 8.42 Å². The summed E-state index contributed by atoms with van der Waals surface area (Å²) in [4.78, 5) is 29.2. The Kier molecular flexibility index (Phi) is 11.0. The number of hydrogen-bond acceptors (Lipinski definition) is 5. The van der Waals surface area contributed by atoms with Crippen LogP contribution in [-0.4, -0.2) is 49.8 Å². The van der Waals surface area contributed by atoms with E-state index < -0.39 is 34.1 Å². The number of hydrogen-bond donors (Lipinski definition) is 1. The van der Waals surface area contributed by atoms with Gasteiger partial charge >= 0.3 is 0 Å². The Labute approximate surface area is 266 Å². The Morgan fingerprint density at radius 2 is 1.31 bits per heavy atom. The minimum absolute atomic E-state index is 0.0516. The van der Waals surface area contributed by atoms with Crippen molar-refractivity contribution in [1.29, 1.82) is 0 Å². The smallest absolute Gasteiger partial charge is 0.264 e. The largest absolute Gasteiger partial charge is 0.457 e. The molecule has 0 aromatic heterocycles. The lowest BCUT2D eigenvalue weighted by molar-refractivity contribution is -0.140. The monoisotopic (exact) mass is 627 g/mol. The maximum absolute atomic E-state index is 14.2. The average molecular weight is 628 g/mol. The van der Waals surface area contributed by atoms with Crippen LogP contribution < -0.4 is 14.4 Å². The molecule has 0 saturated heterocycles. The predicted molar refractivity (Wildman–Crippen MR) is 178 cm³/mol. The van der Waals surface area contributed by atoms with Crippen molar-refractivity contribution >= 4 is 27.5 Å². The molecule has 0 bridgehead atoms. The fourth-order valence-electron chi connectivity index (χ4n) is 4.90. The van der Waals surface area contributed by atoms with E-state index in [2.05, 4.69) is 5.32 Å². The van der Waals surface area contributed by atoms with E-state index in [-0.39, 0.29) is 17.3 Å². The van der Waals surface area contributed by atoms with Crippen molar-refractivity contribution in [1.82, 2.24) is 10.2 Å². The number of nitrogens with one attached hydrogen (secondary N) is 1. The van der Waals surface area contributed by atoms with Gasteiger partial charge in [-0.05, 0) is 87.7 Å². The lowest BCUT2D eigenvalue weighted by Crippen LogP contribution is -2.56. The Hall–Kier alpha value is -4.63. The van der Waals surface area contributed by atoms with Gasteiger partial charge in [-0.2, -0.15) is 0 Å². The van der Waals surface area contributed by atoms with Crippen LogP contribution in [-0.2, 0) is 26.0 Å². The minimum Gasteiger partial charge on any atom is -0.457 e. The third-order valence-corrected chi connectivity index (χ3v) is 8.87. The summed E-state index contributed by atoms with van der Waals surface area (Å²) >= 11 is 0. The molecule has 0 unspecified atom stereocenters. The lowest BCUT2D eigenvalue weighted by Gasteiger charge is -2.34. The second kappa shape index (κ2) is 14.9. The zero-order valence-corrected chi connectivity index (χ0v) is 27.0. The molecule has 0 aliphatic carbocycles. The fourth-order valence-corrected chi connectivity index (χ4v) is 6.34. The van der Waals surface area contributed by atoms with Gasteiger partial charge in [-0.15, -0.1) is 0 Å². The van der Waals surface area contributed by atoms with Crippen molar-refractivity contribution in [3.8, 4) is 11.5 Å². The lowest BCUT2D eigenvalue weighted by atomic mass is 10.1. The third-order valence-electron chi connectivity index (χ3n) is 7.08.